The molecule has 3 rings (SSSR count). The lowest BCUT2D eigenvalue weighted by Crippen LogP contribution is -2.09. The number of carbonyl (C=O) groups is 1. The summed E-state index contributed by atoms with van der Waals surface area (Å²) >= 11 is 0. The lowest BCUT2D eigenvalue weighted by molar-refractivity contribution is -0.130. The Kier molecular flexibility index (Phi) is 7.27. The molecule has 0 spiro atoms. The van der Waals surface area contributed by atoms with Gasteiger partial charge in [0.05, 0.1) is 7.11 Å². The predicted molar refractivity (Wildman–Crippen MR) is 116 cm³/mol. The molecule has 31 heavy (non-hydrogen) atoms. The first kappa shape index (κ1) is 21.9. The van der Waals surface area contributed by atoms with E-state index in [1.807, 2.05) is 0 Å². The minimum atomic E-state index is -0.490. The molecule has 0 atom stereocenters. The van der Waals surface area contributed by atoms with Crippen molar-refractivity contribution in [1.82, 2.24) is 0 Å². The van der Waals surface area contributed by atoms with E-state index in [0.29, 0.717) is 22.6 Å². The van der Waals surface area contributed by atoms with Crippen molar-refractivity contribution in [2.75, 3.05) is 20.3 Å². The number of carbonyl (C=O) groups excluding carboxylic acids is 1. The van der Waals surface area contributed by atoms with Gasteiger partial charge in [0.1, 0.15) is 30.5 Å². The second kappa shape index (κ2) is 10.3. The first-order valence-electron chi connectivity index (χ1n) is 9.63. The Morgan fingerprint density at radius 3 is 2.03 bits per heavy atom. The molecule has 5 nitrogen and oxygen atoms in total. The molecule has 0 amide bonds. The van der Waals surface area contributed by atoms with Gasteiger partial charge in [0, 0.05) is 5.57 Å². The minimum Gasteiger partial charge on any atom is -0.497 e. The minimum absolute atomic E-state index is 0.147. The average molecular weight is 422 g/mol. The second-order valence-corrected chi connectivity index (χ2v) is 6.71. The molecule has 0 saturated carbocycles. The zero-order valence-corrected chi connectivity index (χ0v) is 17.4. The molecule has 0 aliphatic carbocycles. The van der Waals surface area contributed by atoms with Crippen LogP contribution in [0.5, 0.6) is 23.0 Å². The van der Waals surface area contributed by atoms with Crippen LogP contribution in [0.25, 0.3) is 11.1 Å². The molecule has 3 aromatic rings. The summed E-state index contributed by atoms with van der Waals surface area (Å²) in [6.07, 6.45) is 0. The number of ether oxygens (including phenoxy) is 4. The molecule has 0 fully saturated rings. The molecule has 0 saturated heterocycles. The van der Waals surface area contributed by atoms with Gasteiger partial charge >= 0.3 is 5.97 Å². The fraction of sp³-hybridized carbons (Fsp3) is 0.160. The van der Waals surface area contributed by atoms with Gasteiger partial charge in [0.15, 0.2) is 11.6 Å². The SMILES string of the molecule is C=C(C)C(=O)Oc1ccc(-c2ccc(OCCOc3ccc(OC)cc3)c(F)c2)cc1. The van der Waals surface area contributed by atoms with E-state index < -0.39 is 11.8 Å². The molecule has 3 aromatic carbocycles. The number of methoxy groups -OCH3 is 1. The molecular weight excluding hydrogens is 399 g/mol. The Hall–Kier alpha value is -3.80. The zero-order valence-electron chi connectivity index (χ0n) is 17.4. The summed E-state index contributed by atoms with van der Waals surface area (Å²) in [6.45, 7) is 5.60. The quantitative estimate of drug-likeness (QED) is 0.199. The largest absolute Gasteiger partial charge is 0.497 e. The lowest BCUT2D eigenvalue weighted by atomic mass is 10.1. The van der Waals surface area contributed by atoms with Crippen molar-refractivity contribution in [3.63, 3.8) is 0 Å². The predicted octanol–water partition coefficient (Wildman–Crippen LogP) is 5.44. The smallest absolute Gasteiger partial charge is 0.338 e. The van der Waals surface area contributed by atoms with Gasteiger partial charge in [-0.25, -0.2) is 9.18 Å². The van der Waals surface area contributed by atoms with Gasteiger partial charge in [0.25, 0.3) is 0 Å². The van der Waals surface area contributed by atoms with Crippen LogP contribution in [0.1, 0.15) is 6.92 Å². The zero-order chi connectivity index (χ0) is 22.2. The van der Waals surface area contributed by atoms with E-state index in [1.54, 1.807) is 74.7 Å². The van der Waals surface area contributed by atoms with Crippen LogP contribution < -0.4 is 18.9 Å². The van der Waals surface area contributed by atoms with Crippen molar-refractivity contribution in [3.05, 3.63) is 84.7 Å². The van der Waals surface area contributed by atoms with Crippen molar-refractivity contribution in [2.24, 2.45) is 0 Å². The van der Waals surface area contributed by atoms with Crippen molar-refractivity contribution in [2.45, 2.75) is 6.92 Å². The van der Waals surface area contributed by atoms with E-state index in [2.05, 4.69) is 6.58 Å². The molecular formula is C25H23FO5. The highest BCUT2D eigenvalue weighted by molar-refractivity contribution is 5.88. The maximum Gasteiger partial charge on any atom is 0.338 e. The standard InChI is InChI=1S/C25H23FO5/c1-17(2)25(27)31-22-7-4-18(5-8-22)19-6-13-24(23(26)16-19)30-15-14-29-21-11-9-20(28-3)10-12-21/h4-13,16H,1,14-15H2,2-3H3. The molecule has 0 N–H and O–H groups in total. The monoisotopic (exact) mass is 422 g/mol. The van der Waals surface area contributed by atoms with Gasteiger partial charge in [-0.3, -0.25) is 0 Å². The van der Waals surface area contributed by atoms with E-state index in [4.69, 9.17) is 18.9 Å². The van der Waals surface area contributed by atoms with Gasteiger partial charge in [-0.1, -0.05) is 24.8 Å². The van der Waals surface area contributed by atoms with Gasteiger partial charge in [-0.05, 0) is 66.6 Å². The summed E-state index contributed by atoms with van der Waals surface area (Å²) in [6, 6.07) is 18.7. The first-order chi connectivity index (χ1) is 15.0. The number of esters is 1. The van der Waals surface area contributed by atoms with E-state index in [1.165, 1.54) is 6.07 Å². The maximum absolute atomic E-state index is 14.5. The third kappa shape index (κ3) is 6.09. The van der Waals surface area contributed by atoms with E-state index in [9.17, 15) is 9.18 Å². The Balaban J connectivity index is 1.54. The number of hydrogen-bond acceptors (Lipinski definition) is 5. The van der Waals surface area contributed by atoms with E-state index in [0.717, 1.165) is 11.3 Å². The van der Waals surface area contributed by atoms with Crippen LogP contribution in [0.4, 0.5) is 4.39 Å². The summed E-state index contributed by atoms with van der Waals surface area (Å²) in [5, 5.41) is 0. The van der Waals surface area contributed by atoms with Crippen LogP contribution in [0.15, 0.2) is 78.9 Å². The molecule has 0 bridgehead atoms. The number of benzene rings is 3. The first-order valence-corrected chi connectivity index (χ1v) is 9.63. The molecule has 0 heterocycles. The number of rotatable bonds is 9. The summed E-state index contributed by atoms with van der Waals surface area (Å²) in [5.74, 6) is 1.00. The van der Waals surface area contributed by atoms with Crippen LogP contribution in [0.2, 0.25) is 0 Å². The summed E-state index contributed by atoms with van der Waals surface area (Å²) in [5.41, 5.74) is 1.77. The molecule has 0 unspecified atom stereocenters. The summed E-state index contributed by atoms with van der Waals surface area (Å²) < 4.78 is 35.8. The fourth-order valence-corrected chi connectivity index (χ4v) is 2.69. The van der Waals surface area contributed by atoms with Crippen molar-refractivity contribution in [3.8, 4) is 34.1 Å². The molecule has 0 aromatic heterocycles. The van der Waals surface area contributed by atoms with Crippen molar-refractivity contribution >= 4 is 5.97 Å². The fourth-order valence-electron chi connectivity index (χ4n) is 2.69. The topological polar surface area (TPSA) is 54.0 Å². The van der Waals surface area contributed by atoms with Crippen LogP contribution in [-0.4, -0.2) is 26.3 Å². The van der Waals surface area contributed by atoms with Crippen molar-refractivity contribution in [1.29, 1.82) is 0 Å². The van der Waals surface area contributed by atoms with Gasteiger partial charge in [-0.15, -0.1) is 0 Å². The summed E-state index contributed by atoms with van der Waals surface area (Å²) in [4.78, 5) is 11.6. The van der Waals surface area contributed by atoms with Crippen molar-refractivity contribution < 1.29 is 28.1 Å². The van der Waals surface area contributed by atoms with Gasteiger partial charge < -0.3 is 18.9 Å². The third-order valence-electron chi connectivity index (χ3n) is 4.35. The second-order valence-electron chi connectivity index (χ2n) is 6.71. The Bertz CT molecular complexity index is 1040. The van der Waals surface area contributed by atoms with Crippen LogP contribution in [-0.2, 0) is 4.79 Å². The van der Waals surface area contributed by atoms with Crippen LogP contribution >= 0.6 is 0 Å². The Morgan fingerprint density at radius 2 is 1.42 bits per heavy atom. The molecule has 0 aliphatic rings. The highest BCUT2D eigenvalue weighted by atomic mass is 19.1. The summed E-state index contributed by atoms with van der Waals surface area (Å²) in [7, 11) is 1.60. The highest BCUT2D eigenvalue weighted by Crippen LogP contribution is 2.27. The normalized spacial score (nSPS) is 10.3. The van der Waals surface area contributed by atoms with Crippen LogP contribution in [0.3, 0.4) is 0 Å². The van der Waals surface area contributed by atoms with Gasteiger partial charge in [-0.2, -0.15) is 0 Å². The lowest BCUT2D eigenvalue weighted by Gasteiger charge is -2.11. The third-order valence-corrected chi connectivity index (χ3v) is 4.35. The molecule has 160 valence electrons. The Morgan fingerprint density at radius 1 is 0.839 bits per heavy atom. The van der Waals surface area contributed by atoms with E-state index >= 15 is 0 Å². The maximum atomic E-state index is 14.5. The molecule has 0 aliphatic heterocycles. The van der Waals surface area contributed by atoms with E-state index in [-0.39, 0.29) is 19.0 Å². The average Bonchev–Trinajstić information content (AvgIpc) is 2.78. The van der Waals surface area contributed by atoms with Crippen LogP contribution in [0, 0.1) is 5.82 Å². The molecule has 0 radical (unpaired) electrons. The van der Waals surface area contributed by atoms with Gasteiger partial charge in [0.2, 0.25) is 0 Å². The molecule has 6 heteroatoms. The number of halogens is 1. The highest BCUT2D eigenvalue weighted by Gasteiger charge is 2.09. The number of hydrogen-bond donors (Lipinski definition) is 0. The Labute approximate surface area is 180 Å².